The second kappa shape index (κ2) is 4.40. The zero-order chi connectivity index (χ0) is 13.4. The summed E-state index contributed by atoms with van der Waals surface area (Å²) in [6, 6.07) is 7.30. The molecular formula is C12H9ClN4O2. The molecule has 1 aromatic heterocycles. The van der Waals surface area contributed by atoms with Crippen LogP contribution in [0.5, 0.6) is 0 Å². The average molecular weight is 277 g/mol. The number of rotatable bonds is 3. The van der Waals surface area contributed by atoms with Crippen LogP contribution in [0.2, 0.25) is 5.28 Å². The molecule has 2 N–H and O–H groups in total. The van der Waals surface area contributed by atoms with E-state index in [1.54, 1.807) is 16.9 Å². The van der Waals surface area contributed by atoms with Crippen LogP contribution in [0, 0.1) is 0 Å². The van der Waals surface area contributed by atoms with Crippen molar-refractivity contribution in [1.29, 1.82) is 0 Å². The number of halogens is 1. The number of fused-ring (bicyclic) bond motifs is 1. The van der Waals surface area contributed by atoms with E-state index < -0.39 is 5.97 Å². The monoisotopic (exact) mass is 276 g/mol. The summed E-state index contributed by atoms with van der Waals surface area (Å²) in [6.07, 6.45) is 1.47. The average Bonchev–Trinajstić information content (AvgIpc) is 2.92. The number of nitrogens with one attached hydrogen (secondary N) is 1. The maximum atomic E-state index is 10.9. The number of carboxylic acid groups (broad SMARTS) is 1. The highest BCUT2D eigenvalue weighted by Crippen LogP contribution is 2.29. The molecular weight excluding hydrogens is 268 g/mol. The van der Waals surface area contributed by atoms with Gasteiger partial charge in [-0.25, -0.2) is 9.67 Å². The minimum Gasteiger partial charge on any atom is -0.481 e. The number of aliphatic carboxylic acids is 1. The lowest BCUT2D eigenvalue weighted by Crippen LogP contribution is -2.04. The molecule has 2 heterocycles. The fraction of sp³-hybridized carbons (Fsp3) is 0.0833. The molecule has 0 spiro atoms. The number of carbonyl (C=O) groups is 1. The largest absolute Gasteiger partial charge is 0.481 e. The first-order chi connectivity index (χ1) is 9.15. The van der Waals surface area contributed by atoms with Crippen LogP contribution in [0.3, 0.4) is 0 Å². The zero-order valence-corrected chi connectivity index (χ0v) is 10.4. The summed E-state index contributed by atoms with van der Waals surface area (Å²) in [6.45, 7) is 0. The summed E-state index contributed by atoms with van der Waals surface area (Å²) in [7, 11) is 0. The van der Waals surface area contributed by atoms with Crippen LogP contribution < -0.4 is 0 Å². The highest BCUT2D eigenvalue weighted by atomic mass is 35.5. The molecule has 19 heavy (non-hydrogen) atoms. The van der Waals surface area contributed by atoms with Gasteiger partial charge in [0, 0.05) is 17.8 Å². The van der Waals surface area contributed by atoms with E-state index in [4.69, 9.17) is 16.7 Å². The second-order valence-electron chi connectivity index (χ2n) is 4.00. The number of H-pyrrole nitrogens is 1. The van der Waals surface area contributed by atoms with Gasteiger partial charge in [0.05, 0.1) is 17.8 Å². The summed E-state index contributed by atoms with van der Waals surface area (Å²) in [5.41, 5.74) is 2.34. The van der Waals surface area contributed by atoms with E-state index in [2.05, 4.69) is 15.1 Å². The van der Waals surface area contributed by atoms with Gasteiger partial charge in [-0.3, -0.25) is 9.89 Å². The van der Waals surface area contributed by atoms with E-state index >= 15 is 0 Å². The van der Waals surface area contributed by atoms with Crippen LogP contribution in [0.15, 0.2) is 30.5 Å². The molecule has 0 fully saturated rings. The second-order valence-corrected chi connectivity index (χ2v) is 4.34. The van der Waals surface area contributed by atoms with Gasteiger partial charge >= 0.3 is 5.97 Å². The molecule has 2 aliphatic rings. The van der Waals surface area contributed by atoms with E-state index in [-0.39, 0.29) is 11.7 Å². The number of aromatic nitrogens is 4. The summed E-state index contributed by atoms with van der Waals surface area (Å²) in [5, 5.41) is 12.1. The van der Waals surface area contributed by atoms with Crippen molar-refractivity contribution in [3.63, 3.8) is 0 Å². The summed E-state index contributed by atoms with van der Waals surface area (Å²) >= 11 is 5.77. The quantitative estimate of drug-likeness (QED) is 0.717. The Balaban J connectivity index is 2.13. The van der Waals surface area contributed by atoms with Crippen molar-refractivity contribution in [1.82, 2.24) is 19.7 Å². The van der Waals surface area contributed by atoms with Gasteiger partial charge in [0.2, 0.25) is 5.28 Å². The Kier molecular flexibility index (Phi) is 2.72. The molecule has 6 nitrogen and oxygen atoms in total. The van der Waals surface area contributed by atoms with Gasteiger partial charge in [0.25, 0.3) is 0 Å². The smallest absolute Gasteiger partial charge is 0.309 e. The topological polar surface area (TPSA) is 83.8 Å². The lowest BCUT2D eigenvalue weighted by Gasteiger charge is -2.03. The van der Waals surface area contributed by atoms with Crippen LogP contribution in [0.25, 0.3) is 17.1 Å². The van der Waals surface area contributed by atoms with E-state index in [1.165, 1.54) is 0 Å². The van der Waals surface area contributed by atoms with Crippen molar-refractivity contribution in [2.75, 3.05) is 0 Å². The maximum Gasteiger partial charge on any atom is 0.309 e. The van der Waals surface area contributed by atoms with Gasteiger partial charge in [-0.2, -0.15) is 4.98 Å². The molecule has 1 aromatic rings. The minimum absolute atomic E-state index is 0.0771. The lowest BCUT2D eigenvalue weighted by atomic mass is 10.2. The van der Waals surface area contributed by atoms with Gasteiger partial charge < -0.3 is 5.11 Å². The molecule has 1 aliphatic heterocycles. The first-order valence-electron chi connectivity index (χ1n) is 5.54. The van der Waals surface area contributed by atoms with Crippen molar-refractivity contribution in [3.05, 3.63) is 41.4 Å². The predicted molar refractivity (Wildman–Crippen MR) is 68.7 cm³/mol. The van der Waals surface area contributed by atoms with Crippen molar-refractivity contribution in [3.8, 4) is 17.1 Å². The standard InChI is InChI=1S/C12H9ClN4O2/c13-12-14-5-4-10(15-12)17-9-3-1-2-7(9)8(16-17)6-11(18)19/h1-5,16H,6H2,(H,18,19). The summed E-state index contributed by atoms with van der Waals surface area (Å²) < 4.78 is 1.70. The molecule has 0 bridgehead atoms. The SMILES string of the molecule is O=C(O)Cc1[nH]n(-c2ccnc(Cl)n2)c2cccc1-2. The van der Waals surface area contributed by atoms with Crippen LogP contribution >= 0.6 is 11.6 Å². The van der Waals surface area contributed by atoms with Gasteiger partial charge in [0.15, 0.2) is 5.82 Å². The molecule has 0 aromatic carbocycles. The number of carboxylic acids is 1. The molecule has 0 saturated heterocycles. The van der Waals surface area contributed by atoms with Crippen molar-refractivity contribution in [2.24, 2.45) is 0 Å². The fourth-order valence-corrected chi connectivity index (χ4v) is 2.18. The van der Waals surface area contributed by atoms with Crippen LogP contribution in [-0.4, -0.2) is 30.8 Å². The van der Waals surface area contributed by atoms with Gasteiger partial charge in [-0.15, -0.1) is 0 Å². The number of nitrogens with zero attached hydrogens (tertiary/aromatic N) is 3. The van der Waals surface area contributed by atoms with E-state index in [0.29, 0.717) is 11.5 Å². The third-order valence-corrected chi connectivity index (χ3v) is 2.96. The molecule has 7 heteroatoms. The Bertz CT molecular complexity index is 718. The van der Waals surface area contributed by atoms with Crippen molar-refractivity contribution >= 4 is 17.6 Å². The van der Waals surface area contributed by atoms with Crippen LogP contribution in [0.4, 0.5) is 0 Å². The van der Waals surface area contributed by atoms with Crippen LogP contribution in [-0.2, 0) is 11.2 Å². The van der Waals surface area contributed by atoms with Crippen molar-refractivity contribution < 1.29 is 9.90 Å². The molecule has 0 unspecified atom stereocenters. The fourth-order valence-electron chi connectivity index (χ4n) is 2.03. The first-order valence-corrected chi connectivity index (χ1v) is 5.92. The normalized spacial score (nSPS) is 11.0. The van der Waals surface area contributed by atoms with Gasteiger partial charge in [-0.05, 0) is 17.7 Å². The van der Waals surface area contributed by atoms with Crippen molar-refractivity contribution in [2.45, 2.75) is 6.42 Å². The Morgan fingerprint density at radius 1 is 1.42 bits per heavy atom. The zero-order valence-electron chi connectivity index (χ0n) is 9.67. The molecule has 0 amide bonds. The minimum atomic E-state index is -0.891. The maximum absolute atomic E-state index is 10.9. The number of hydrogen-bond acceptors (Lipinski definition) is 3. The predicted octanol–water partition coefficient (Wildman–Crippen LogP) is 1.98. The highest BCUT2D eigenvalue weighted by Gasteiger charge is 2.19. The Morgan fingerprint density at radius 2 is 2.26 bits per heavy atom. The van der Waals surface area contributed by atoms with Crippen LogP contribution in [0.1, 0.15) is 5.69 Å². The molecule has 0 saturated carbocycles. The Labute approximate surface area is 113 Å². The first kappa shape index (κ1) is 11.7. The molecule has 0 radical (unpaired) electrons. The number of aromatic amines is 1. The molecule has 1 aliphatic carbocycles. The highest BCUT2D eigenvalue weighted by molar-refractivity contribution is 6.28. The lowest BCUT2D eigenvalue weighted by molar-refractivity contribution is -0.136. The van der Waals surface area contributed by atoms with E-state index in [1.807, 2.05) is 18.2 Å². The van der Waals surface area contributed by atoms with E-state index in [0.717, 1.165) is 11.3 Å². The van der Waals surface area contributed by atoms with E-state index in [9.17, 15) is 4.79 Å². The molecule has 96 valence electrons. The summed E-state index contributed by atoms with van der Waals surface area (Å²) in [5.74, 6) is -0.329. The van der Waals surface area contributed by atoms with Gasteiger partial charge in [-0.1, -0.05) is 12.1 Å². The third-order valence-electron chi connectivity index (χ3n) is 2.77. The Morgan fingerprint density at radius 3 is 3.00 bits per heavy atom. The molecule has 3 rings (SSSR count). The summed E-state index contributed by atoms with van der Waals surface area (Å²) in [4.78, 5) is 18.8. The third kappa shape index (κ3) is 2.06. The molecule has 0 atom stereocenters. The Hall–Kier alpha value is -2.34. The van der Waals surface area contributed by atoms with Gasteiger partial charge in [0.1, 0.15) is 0 Å². The number of hydrogen-bond donors (Lipinski definition) is 2.